The molecule has 1 heterocycles. The summed E-state index contributed by atoms with van der Waals surface area (Å²) in [4.78, 5) is 16.1. The molecule has 3 aromatic rings. The van der Waals surface area contributed by atoms with Crippen molar-refractivity contribution in [3.63, 3.8) is 0 Å². The summed E-state index contributed by atoms with van der Waals surface area (Å²) in [6.07, 6.45) is 7.51. The minimum atomic E-state index is -0.387. The molecule has 1 aromatic heterocycles. The first-order valence-electron chi connectivity index (χ1n) is 7.37. The van der Waals surface area contributed by atoms with E-state index in [0.717, 1.165) is 11.1 Å². The molecule has 0 atom stereocenters. The Balaban J connectivity index is 1.68. The molecule has 0 aliphatic carbocycles. The highest BCUT2D eigenvalue weighted by Crippen LogP contribution is 2.20. The van der Waals surface area contributed by atoms with Gasteiger partial charge in [0.1, 0.15) is 5.75 Å². The van der Waals surface area contributed by atoms with Crippen molar-refractivity contribution in [3.8, 4) is 5.75 Å². The van der Waals surface area contributed by atoms with Crippen LogP contribution >= 0.6 is 15.9 Å². The Hall–Kier alpha value is -2.72. The summed E-state index contributed by atoms with van der Waals surface area (Å²) >= 11 is 3.35. The number of benzene rings is 2. The number of hydrogen-bond donors (Lipinski definition) is 0. The molecule has 0 saturated carbocycles. The number of carbonyl (C=O) groups is 1. The Labute approximate surface area is 148 Å². The Morgan fingerprint density at radius 1 is 0.875 bits per heavy atom. The van der Waals surface area contributed by atoms with Crippen molar-refractivity contribution < 1.29 is 9.53 Å². The molecule has 2 aromatic carbocycles. The van der Waals surface area contributed by atoms with E-state index in [1.807, 2.05) is 48.6 Å². The van der Waals surface area contributed by atoms with Crippen molar-refractivity contribution in [3.05, 3.63) is 94.2 Å². The number of halogens is 1. The largest absolute Gasteiger partial charge is 0.423 e. The fraction of sp³-hybridized carbons (Fsp3) is 0. The first-order chi connectivity index (χ1) is 11.7. The van der Waals surface area contributed by atoms with Crippen LogP contribution in [0.3, 0.4) is 0 Å². The normalized spacial score (nSPS) is 10.7. The SMILES string of the molecule is O=C(Oc1ccc(/C=C/c2ccncc2)cc1)c1ccccc1Br. The standard InChI is InChI=1S/C20H14BrNO2/c21-19-4-2-1-3-18(19)20(23)24-17-9-7-15(8-10-17)5-6-16-11-13-22-14-12-16/h1-14H/b6-5+. The average Bonchev–Trinajstić information content (AvgIpc) is 2.62. The van der Waals surface area contributed by atoms with E-state index >= 15 is 0 Å². The maximum atomic E-state index is 12.2. The minimum absolute atomic E-state index is 0.387. The van der Waals surface area contributed by atoms with Crippen LogP contribution in [-0.2, 0) is 0 Å². The lowest BCUT2D eigenvalue weighted by molar-refractivity contribution is 0.0734. The topological polar surface area (TPSA) is 39.2 Å². The summed E-state index contributed by atoms with van der Waals surface area (Å²) in [5, 5.41) is 0. The average molecular weight is 380 g/mol. The molecule has 3 rings (SSSR count). The molecule has 0 amide bonds. The lowest BCUT2D eigenvalue weighted by Gasteiger charge is -2.06. The Morgan fingerprint density at radius 2 is 1.50 bits per heavy atom. The van der Waals surface area contributed by atoms with E-state index in [1.54, 1.807) is 36.7 Å². The lowest BCUT2D eigenvalue weighted by atomic mass is 10.1. The third kappa shape index (κ3) is 4.18. The number of esters is 1. The van der Waals surface area contributed by atoms with Gasteiger partial charge in [-0.1, -0.05) is 36.4 Å². The van der Waals surface area contributed by atoms with Gasteiger partial charge < -0.3 is 4.74 Å². The fourth-order valence-corrected chi connectivity index (χ4v) is 2.55. The summed E-state index contributed by atoms with van der Waals surface area (Å²) in [5.74, 6) is 0.124. The van der Waals surface area contributed by atoms with Gasteiger partial charge in [0, 0.05) is 16.9 Å². The maximum absolute atomic E-state index is 12.2. The second-order valence-electron chi connectivity index (χ2n) is 5.05. The predicted molar refractivity (Wildman–Crippen MR) is 98.7 cm³/mol. The number of carbonyl (C=O) groups excluding carboxylic acids is 1. The van der Waals surface area contributed by atoms with Gasteiger partial charge in [-0.15, -0.1) is 0 Å². The van der Waals surface area contributed by atoms with Gasteiger partial charge >= 0.3 is 5.97 Å². The highest BCUT2D eigenvalue weighted by molar-refractivity contribution is 9.10. The van der Waals surface area contributed by atoms with Gasteiger partial charge in [0.15, 0.2) is 0 Å². The van der Waals surface area contributed by atoms with Crippen molar-refractivity contribution >= 4 is 34.1 Å². The van der Waals surface area contributed by atoms with Crippen LogP contribution in [0.4, 0.5) is 0 Å². The molecule has 0 fully saturated rings. The van der Waals surface area contributed by atoms with Gasteiger partial charge in [-0.3, -0.25) is 4.98 Å². The number of ether oxygens (including phenoxy) is 1. The molecule has 0 aliphatic rings. The van der Waals surface area contributed by atoms with Crippen molar-refractivity contribution in [1.29, 1.82) is 0 Å². The van der Waals surface area contributed by atoms with E-state index < -0.39 is 0 Å². The van der Waals surface area contributed by atoms with E-state index in [9.17, 15) is 4.79 Å². The van der Waals surface area contributed by atoms with Gasteiger partial charge in [-0.25, -0.2) is 4.79 Å². The molecule has 118 valence electrons. The van der Waals surface area contributed by atoms with Crippen molar-refractivity contribution in [2.45, 2.75) is 0 Å². The van der Waals surface area contributed by atoms with Crippen LogP contribution in [0.25, 0.3) is 12.2 Å². The maximum Gasteiger partial charge on any atom is 0.344 e. The summed E-state index contributed by atoms with van der Waals surface area (Å²) < 4.78 is 6.11. The zero-order valence-corrected chi connectivity index (χ0v) is 14.3. The van der Waals surface area contributed by atoms with Crippen LogP contribution in [-0.4, -0.2) is 11.0 Å². The van der Waals surface area contributed by atoms with Gasteiger partial charge in [-0.2, -0.15) is 0 Å². The third-order valence-electron chi connectivity index (χ3n) is 3.36. The van der Waals surface area contributed by atoms with Gasteiger partial charge in [0.25, 0.3) is 0 Å². The lowest BCUT2D eigenvalue weighted by Crippen LogP contribution is -2.09. The molecule has 0 N–H and O–H groups in total. The second-order valence-corrected chi connectivity index (χ2v) is 5.91. The number of rotatable bonds is 4. The molecule has 0 saturated heterocycles. The second kappa shape index (κ2) is 7.70. The Kier molecular flexibility index (Phi) is 5.18. The summed E-state index contributed by atoms with van der Waals surface area (Å²) in [6, 6.07) is 18.4. The van der Waals surface area contributed by atoms with Crippen LogP contribution in [0.2, 0.25) is 0 Å². The Morgan fingerprint density at radius 3 is 2.17 bits per heavy atom. The van der Waals surface area contributed by atoms with Crippen LogP contribution in [0, 0.1) is 0 Å². The van der Waals surface area contributed by atoms with Crippen LogP contribution in [0.5, 0.6) is 5.75 Å². The van der Waals surface area contributed by atoms with Gasteiger partial charge in [0.2, 0.25) is 0 Å². The molecular weight excluding hydrogens is 366 g/mol. The third-order valence-corrected chi connectivity index (χ3v) is 4.05. The summed E-state index contributed by atoms with van der Waals surface area (Å²) in [7, 11) is 0. The van der Waals surface area contributed by atoms with Crippen molar-refractivity contribution in [2.75, 3.05) is 0 Å². The molecule has 0 spiro atoms. The molecule has 0 aliphatic heterocycles. The quantitative estimate of drug-likeness (QED) is 0.459. The zero-order chi connectivity index (χ0) is 16.8. The Bertz CT molecular complexity index is 858. The molecule has 0 unspecified atom stereocenters. The molecular formula is C20H14BrNO2. The van der Waals surface area contributed by atoms with Crippen molar-refractivity contribution in [1.82, 2.24) is 4.98 Å². The highest BCUT2D eigenvalue weighted by Gasteiger charge is 2.11. The smallest absolute Gasteiger partial charge is 0.344 e. The van der Waals surface area contributed by atoms with E-state index in [4.69, 9.17) is 4.74 Å². The zero-order valence-electron chi connectivity index (χ0n) is 12.7. The van der Waals surface area contributed by atoms with E-state index in [1.165, 1.54) is 0 Å². The number of hydrogen-bond acceptors (Lipinski definition) is 3. The minimum Gasteiger partial charge on any atom is -0.423 e. The summed E-state index contributed by atoms with van der Waals surface area (Å²) in [6.45, 7) is 0. The molecule has 24 heavy (non-hydrogen) atoms. The van der Waals surface area contributed by atoms with Crippen LogP contribution < -0.4 is 4.74 Å². The molecule has 4 heteroatoms. The number of aromatic nitrogens is 1. The first-order valence-corrected chi connectivity index (χ1v) is 8.16. The first kappa shape index (κ1) is 16.1. The molecule has 0 radical (unpaired) electrons. The van der Waals surface area contributed by atoms with Crippen molar-refractivity contribution in [2.24, 2.45) is 0 Å². The van der Waals surface area contributed by atoms with E-state index in [-0.39, 0.29) is 5.97 Å². The molecule has 0 bridgehead atoms. The van der Waals surface area contributed by atoms with Gasteiger partial charge in [0.05, 0.1) is 5.56 Å². The number of nitrogens with zero attached hydrogens (tertiary/aromatic N) is 1. The van der Waals surface area contributed by atoms with Crippen LogP contribution in [0.15, 0.2) is 77.5 Å². The predicted octanol–water partition coefficient (Wildman–Crippen LogP) is 5.23. The fourth-order valence-electron chi connectivity index (χ4n) is 2.10. The number of pyridine rings is 1. The molecule has 3 nitrogen and oxygen atoms in total. The van der Waals surface area contributed by atoms with E-state index in [2.05, 4.69) is 20.9 Å². The monoisotopic (exact) mass is 379 g/mol. The van der Waals surface area contributed by atoms with E-state index in [0.29, 0.717) is 15.8 Å². The summed E-state index contributed by atoms with van der Waals surface area (Å²) in [5.41, 5.74) is 2.60. The van der Waals surface area contributed by atoms with Crippen LogP contribution in [0.1, 0.15) is 21.5 Å². The highest BCUT2D eigenvalue weighted by atomic mass is 79.9. The van der Waals surface area contributed by atoms with Gasteiger partial charge in [-0.05, 0) is 63.5 Å².